The van der Waals surface area contributed by atoms with Gasteiger partial charge in [-0.05, 0) is 43.4 Å². The third-order valence-corrected chi connectivity index (χ3v) is 6.43. The zero-order chi connectivity index (χ0) is 24.4. The van der Waals surface area contributed by atoms with Crippen LogP contribution in [-0.4, -0.2) is 44.5 Å². The summed E-state index contributed by atoms with van der Waals surface area (Å²) in [6, 6.07) is 15.6. The normalized spacial score (nSPS) is 20.1. The lowest BCUT2D eigenvalue weighted by Crippen LogP contribution is -2.49. The lowest BCUT2D eigenvalue weighted by atomic mass is 9.68. The van der Waals surface area contributed by atoms with E-state index in [2.05, 4.69) is 45.7 Å². The van der Waals surface area contributed by atoms with Crippen LogP contribution in [0.4, 0.5) is 0 Å². The summed E-state index contributed by atoms with van der Waals surface area (Å²) in [7, 11) is 3.18. The average Bonchev–Trinajstić information content (AvgIpc) is 2.88. The molecular formula is C25H31N5O3S. The fourth-order valence-corrected chi connectivity index (χ4v) is 4.59. The van der Waals surface area contributed by atoms with E-state index >= 15 is 0 Å². The molecule has 0 heterocycles. The van der Waals surface area contributed by atoms with Crippen LogP contribution in [0.25, 0.3) is 0 Å². The van der Waals surface area contributed by atoms with E-state index in [4.69, 9.17) is 14.7 Å². The molecule has 0 radical (unpaired) electrons. The van der Waals surface area contributed by atoms with Crippen LogP contribution in [0.15, 0.2) is 53.5 Å². The predicted molar refractivity (Wildman–Crippen MR) is 135 cm³/mol. The molecule has 180 valence electrons. The van der Waals surface area contributed by atoms with Crippen molar-refractivity contribution in [3.05, 3.63) is 59.7 Å². The Morgan fingerprint density at radius 2 is 1.97 bits per heavy atom. The number of carbonyl (C=O) groups excluding carboxylic acids is 1. The fourth-order valence-electron chi connectivity index (χ4n) is 4.44. The minimum absolute atomic E-state index is 0.191. The third kappa shape index (κ3) is 6.14. The Morgan fingerprint density at radius 3 is 2.59 bits per heavy atom. The van der Waals surface area contributed by atoms with E-state index in [0.717, 1.165) is 25.7 Å². The molecule has 0 saturated heterocycles. The van der Waals surface area contributed by atoms with E-state index in [9.17, 15) is 4.79 Å². The molecule has 0 spiro atoms. The first-order valence-corrected chi connectivity index (χ1v) is 11.8. The topological polar surface area (TPSA) is 108 Å². The van der Waals surface area contributed by atoms with Crippen molar-refractivity contribution in [3.63, 3.8) is 0 Å². The lowest BCUT2D eigenvalue weighted by molar-refractivity contribution is 0.0932. The van der Waals surface area contributed by atoms with Crippen molar-refractivity contribution in [3.8, 4) is 17.7 Å². The number of hydrogen-bond donors (Lipinski definition) is 4. The van der Waals surface area contributed by atoms with Gasteiger partial charge in [-0.15, -0.1) is 12.6 Å². The Hall–Kier alpha value is -3.38. The highest BCUT2D eigenvalue weighted by Gasteiger charge is 2.37. The number of nitrogens with one attached hydrogen (secondary N) is 3. The lowest BCUT2D eigenvalue weighted by Gasteiger charge is -2.41. The highest BCUT2D eigenvalue weighted by Crippen LogP contribution is 2.39. The fraction of sp³-hybridized carbons (Fsp3) is 0.400. The van der Waals surface area contributed by atoms with Gasteiger partial charge in [0, 0.05) is 31.1 Å². The number of nitrogens with zero attached hydrogens (tertiary/aromatic N) is 2. The summed E-state index contributed by atoms with van der Waals surface area (Å²) in [5, 5.41) is 17.9. The zero-order valence-corrected chi connectivity index (χ0v) is 20.4. The van der Waals surface area contributed by atoms with Crippen LogP contribution in [0.1, 0.15) is 41.6 Å². The van der Waals surface area contributed by atoms with Crippen molar-refractivity contribution in [2.45, 2.75) is 37.1 Å². The molecule has 8 nitrogen and oxygen atoms in total. The zero-order valence-electron chi connectivity index (χ0n) is 19.5. The molecule has 0 aromatic heterocycles. The van der Waals surface area contributed by atoms with E-state index in [1.165, 1.54) is 12.7 Å². The maximum absolute atomic E-state index is 13.1. The number of thiol groups is 1. The van der Waals surface area contributed by atoms with E-state index in [-0.39, 0.29) is 23.3 Å². The van der Waals surface area contributed by atoms with Crippen LogP contribution >= 0.6 is 12.6 Å². The molecule has 3 rings (SSSR count). The third-order valence-electron chi connectivity index (χ3n) is 6.30. The summed E-state index contributed by atoms with van der Waals surface area (Å²) < 4.78 is 10.8. The molecule has 34 heavy (non-hydrogen) atoms. The van der Waals surface area contributed by atoms with Crippen molar-refractivity contribution < 1.29 is 14.3 Å². The molecule has 1 aliphatic carbocycles. The van der Waals surface area contributed by atoms with E-state index in [1.807, 2.05) is 24.4 Å². The summed E-state index contributed by atoms with van der Waals surface area (Å²) in [5.74, 6) is 1.57. The Morgan fingerprint density at radius 1 is 1.24 bits per heavy atom. The van der Waals surface area contributed by atoms with E-state index in [1.54, 1.807) is 25.2 Å². The van der Waals surface area contributed by atoms with E-state index in [0.29, 0.717) is 29.6 Å². The number of benzene rings is 2. The van der Waals surface area contributed by atoms with Gasteiger partial charge in [-0.2, -0.15) is 5.26 Å². The number of hydrogen-bond acceptors (Lipinski definition) is 6. The first-order valence-electron chi connectivity index (χ1n) is 11.2. The molecule has 1 aliphatic rings. The molecule has 1 fully saturated rings. The average molecular weight is 482 g/mol. The minimum Gasteiger partial charge on any atom is -0.496 e. The van der Waals surface area contributed by atoms with Crippen LogP contribution in [-0.2, 0) is 5.41 Å². The van der Waals surface area contributed by atoms with Gasteiger partial charge in [-0.3, -0.25) is 15.1 Å². The van der Waals surface area contributed by atoms with Crippen molar-refractivity contribution >= 4 is 24.5 Å². The summed E-state index contributed by atoms with van der Waals surface area (Å²) in [5.41, 5.74) is 1.47. The molecule has 2 aromatic carbocycles. The van der Waals surface area contributed by atoms with Crippen LogP contribution in [0, 0.1) is 11.5 Å². The highest BCUT2D eigenvalue weighted by atomic mass is 32.1. The van der Waals surface area contributed by atoms with Gasteiger partial charge < -0.3 is 20.1 Å². The van der Waals surface area contributed by atoms with Crippen molar-refractivity contribution in [2.75, 3.05) is 26.6 Å². The number of nitriles is 1. The van der Waals surface area contributed by atoms with Crippen molar-refractivity contribution in [2.24, 2.45) is 4.99 Å². The van der Waals surface area contributed by atoms with Crippen LogP contribution in [0.5, 0.6) is 11.5 Å². The molecule has 0 unspecified atom stereocenters. The molecule has 1 saturated carbocycles. The summed E-state index contributed by atoms with van der Waals surface area (Å²) in [4.78, 5) is 17.2. The second kappa shape index (κ2) is 12.2. The van der Waals surface area contributed by atoms with Crippen molar-refractivity contribution in [1.82, 2.24) is 16.0 Å². The standard InChI is InChI=1S/C25H31N5O3S/c1-27-24(29-16-26)30-19-10-12-25(13-11-19,18-6-4-3-5-7-18)15-28-23(31)21-9-8-20(33-17-34)14-22(21)32-2/h3-9,14,19,34H,10-13,15,17H2,1-2H3,(H,28,31)(H2,27,29,30). The Labute approximate surface area is 206 Å². The Bertz CT molecular complexity index is 1030. The number of aliphatic imine (C=N–C) groups is 1. The van der Waals surface area contributed by atoms with E-state index < -0.39 is 0 Å². The van der Waals surface area contributed by atoms with Crippen LogP contribution in [0.3, 0.4) is 0 Å². The Kier molecular flexibility index (Phi) is 9.05. The predicted octanol–water partition coefficient (Wildman–Crippen LogP) is 3.22. The monoisotopic (exact) mass is 481 g/mol. The van der Waals surface area contributed by atoms with Gasteiger partial charge in [-0.25, -0.2) is 0 Å². The summed E-state index contributed by atoms with van der Waals surface area (Å²) >= 11 is 4.07. The van der Waals surface area contributed by atoms with Crippen molar-refractivity contribution in [1.29, 1.82) is 5.26 Å². The molecule has 0 aliphatic heterocycles. The van der Waals surface area contributed by atoms with Crippen LogP contribution in [0.2, 0.25) is 0 Å². The first kappa shape index (κ1) is 25.2. The molecule has 2 aromatic rings. The molecule has 0 bridgehead atoms. The minimum atomic E-state index is -0.191. The van der Waals surface area contributed by atoms with Crippen LogP contribution < -0.4 is 25.4 Å². The highest BCUT2D eigenvalue weighted by molar-refractivity contribution is 7.80. The first-order chi connectivity index (χ1) is 16.5. The summed E-state index contributed by atoms with van der Waals surface area (Å²) in [6.45, 7) is 0.506. The molecule has 3 N–H and O–H groups in total. The second-order valence-corrected chi connectivity index (χ2v) is 8.45. The number of amides is 1. The van der Waals surface area contributed by atoms with Gasteiger partial charge in [0.15, 0.2) is 6.19 Å². The van der Waals surface area contributed by atoms with Gasteiger partial charge in [0.2, 0.25) is 5.96 Å². The van der Waals surface area contributed by atoms with Gasteiger partial charge in [0.25, 0.3) is 5.91 Å². The van der Waals surface area contributed by atoms with Gasteiger partial charge in [0.1, 0.15) is 17.4 Å². The van der Waals surface area contributed by atoms with Gasteiger partial charge >= 0.3 is 0 Å². The maximum atomic E-state index is 13.1. The number of rotatable bonds is 8. The Balaban J connectivity index is 1.74. The number of carbonyl (C=O) groups is 1. The quantitative estimate of drug-likeness (QED) is 0.115. The number of guanidine groups is 1. The molecule has 9 heteroatoms. The molecule has 0 atom stereocenters. The second-order valence-electron chi connectivity index (χ2n) is 8.19. The maximum Gasteiger partial charge on any atom is 0.255 e. The largest absolute Gasteiger partial charge is 0.496 e. The molecule has 1 amide bonds. The smallest absolute Gasteiger partial charge is 0.255 e. The molecular weight excluding hydrogens is 450 g/mol. The van der Waals surface area contributed by atoms with Gasteiger partial charge in [-0.1, -0.05) is 30.3 Å². The number of methoxy groups -OCH3 is 1. The number of ether oxygens (including phenoxy) is 2. The van der Waals surface area contributed by atoms with Gasteiger partial charge in [0.05, 0.1) is 12.7 Å². The summed E-state index contributed by atoms with van der Waals surface area (Å²) in [6.07, 6.45) is 5.43. The SMILES string of the molecule is CN=C(NC#N)NC1CCC(CNC(=O)c2ccc(OCS)cc2OC)(c2ccccc2)CC1.